The third kappa shape index (κ3) is 2.19. The monoisotopic (exact) mass is 172 g/mol. The predicted molar refractivity (Wildman–Crippen MR) is 46.5 cm³/mol. The van der Waals surface area contributed by atoms with Gasteiger partial charge >= 0.3 is 0 Å². The van der Waals surface area contributed by atoms with Gasteiger partial charge in [-0.25, -0.2) is 9.97 Å². The zero-order chi connectivity index (χ0) is 7.40. The van der Waals surface area contributed by atoms with E-state index in [1.165, 1.54) is 11.8 Å². The summed E-state index contributed by atoms with van der Waals surface area (Å²) in [5.41, 5.74) is 1.09. The Morgan fingerprint density at radius 3 is 2.60 bits per heavy atom. The van der Waals surface area contributed by atoms with Crippen molar-refractivity contribution in [2.24, 2.45) is 0 Å². The molecular weight excluding hydrogens is 164 g/mol. The Hall–Kier alpha value is -0.220. The molecule has 0 aliphatic rings. The van der Waals surface area contributed by atoms with Crippen LogP contribution in [0.3, 0.4) is 0 Å². The molecule has 0 saturated heterocycles. The van der Waals surface area contributed by atoms with Gasteiger partial charge in [0, 0.05) is 17.5 Å². The minimum Gasteiger partial charge on any atom is -0.231 e. The maximum atomic E-state index is 4.07. The molecule has 0 saturated carbocycles. The number of thiol groups is 1. The lowest BCUT2D eigenvalue weighted by atomic mass is 10.4. The average Bonchev–Trinajstić information content (AvgIpc) is 1.95. The largest absolute Gasteiger partial charge is 0.231 e. The fourth-order valence-corrected chi connectivity index (χ4v) is 1.23. The molecule has 0 aliphatic heterocycles. The maximum absolute atomic E-state index is 4.07. The van der Waals surface area contributed by atoms with Crippen molar-refractivity contribution in [3.8, 4) is 0 Å². The highest BCUT2D eigenvalue weighted by molar-refractivity contribution is 8.09. The molecule has 0 radical (unpaired) electrons. The smallest absolute Gasteiger partial charge is 0.188 e. The van der Waals surface area contributed by atoms with Gasteiger partial charge < -0.3 is 0 Å². The lowest BCUT2D eigenvalue weighted by molar-refractivity contribution is 0.953. The second-order valence-corrected chi connectivity index (χ2v) is 3.50. The summed E-state index contributed by atoms with van der Waals surface area (Å²) in [4.78, 5) is 8.14. The highest BCUT2D eigenvalue weighted by atomic mass is 32.2. The molecule has 0 aliphatic carbocycles. The van der Waals surface area contributed by atoms with Gasteiger partial charge in [0.05, 0.1) is 0 Å². The standard InChI is InChI=1S/C6H8N2S2/c1-5-2-7-6(8-3-5)10-4-9/h2-3,9H,4H2,1H3. The van der Waals surface area contributed by atoms with Crippen LogP contribution in [0, 0.1) is 6.92 Å². The first-order valence-electron chi connectivity index (χ1n) is 2.85. The quantitative estimate of drug-likeness (QED) is 0.318. The molecule has 2 nitrogen and oxygen atoms in total. The molecule has 0 atom stereocenters. The van der Waals surface area contributed by atoms with Crippen LogP contribution >= 0.6 is 24.4 Å². The first-order chi connectivity index (χ1) is 4.83. The summed E-state index contributed by atoms with van der Waals surface area (Å²) in [6.45, 7) is 1.97. The molecule has 0 amide bonds. The van der Waals surface area contributed by atoms with Crippen LogP contribution in [0.25, 0.3) is 0 Å². The van der Waals surface area contributed by atoms with Gasteiger partial charge in [-0.2, -0.15) is 12.6 Å². The van der Waals surface area contributed by atoms with Crippen molar-refractivity contribution >= 4 is 24.4 Å². The Bertz CT molecular complexity index is 197. The number of rotatable bonds is 2. The van der Waals surface area contributed by atoms with Crippen molar-refractivity contribution in [2.45, 2.75) is 12.1 Å². The van der Waals surface area contributed by atoms with Crippen molar-refractivity contribution < 1.29 is 0 Å². The fourth-order valence-electron chi connectivity index (χ4n) is 0.513. The topological polar surface area (TPSA) is 25.8 Å². The molecule has 1 aromatic rings. The van der Waals surface area contributed by atoms with Gasteiger partial charge in [-0.15, -0.1) is 0 Å². The van der Waals surface area contributed by atoms with Gasteiger partial charge in [-0.05, 0) is 12.5 Å². The van der Waals surface area contributed by atoms with Gasteiger partial charge in [-0.3, -0.25) is 0 Å². The Morgan fingerprint density at radius 1 is 1.50 bits per heavy atom. The first-order valence-corrected chi connectivity index (χ1v) is 4.47. The van der Waals surface area contributed by atoms with Crippen LogP contribution < -0.4 is 0 Å². The number of hydrogen-bond donors (Lipinski definition) is 1. The summed E-state index contributed by atoms with van der Waals surface area (Å²) in [6.07, 6.45) is 3.61. The molecule has 0 fully saturated rings. The van der Waals surface area contributed by atoms with Gasteiger partial charge in [0.1, 0.15) is 0 Å². The number of aromatic nitrogens is 2. The summed E-state index contributed by atoms with van der Waals surface area (Å²) in [5, 5.41) is 1.52. The van der Waals surface area contributed by atoms with Crippen molar-refractivity contribution in [1.29, 1.82) is 0 Å². The van der Waals surface area contributed by atoms with E-state index in [1.54, 1.807) is 12.4 Å². The van der Waals surface area contributed by atoms with E-state index in [2.05, 4.69) is 22.6 Å². The minimum absolute atomic E-state index is 0.725. The Balaban J connectivity index is 2.69. The summed E-state index contributed by atoms with van der Waals surface area (Å²) in [6, 6.07) is 0. The number of thioether (sulfide) groups is 1. The summed E-state index contributed by atoms with van der Waals surface area (Å²) in [5.74, 6) is 0. The summed E-state index contributed by atoms with van der Waals surface area (Å²) < 4.78 is 0. The van der Waals surface area contributed by atoms with Crippen molar-refractivity contribution in [1.82, 2.24) is 9.97 Å². The molecule has 4 heteroatoms. The van der Waals surface area contributed by atoms with E-state index in [1.807, 2.05) is 6.92 Å². The first kappa shape index (κ1) is 7.88. The van der Waals surface area contributed by atoms with Gasteiger partial charge in [0.15, 0.2) is 5.16 Å². The predicted octanol–water partition coefficient (Wildman–Crippen LogP) is 1.76. The average molecular weight is 172 g/mol. The van der Waals surface area contributed by atoms with E-state index >= 15 is 0 Å². The zero-order valence-corrected chi connectivity index (χ0v) is 7.32. The SMILES string of the molecule is Cc1cnc(SCS)nc1. The van der Waals surface area contributed by atoms with Crippen LogP contribution in [0.1, 0.15) is 5.56 Å². The molecule has 1 rings (SSSR count). The van der Waals surface area contributed by atoms with Gasteiger partial charge in [0.2, 0.25) is 0 Å². The van der Waals surface area contributed by atoms with Crippen LogP contribution in [-0.2, 0) is 0 Å². The second kappa shape index (κ2) is 3.83. The summed E-state index contributed by atoms with van der Waals surface area (Å²) in [7, 11) is 0. The second-order valence-electron chi connectivity index (χ2n) is 1.82. The van der Waals surface area contributed by atoms with E-state index in [4.69, 9.17) is 0 Å². The number of nitrogens with zero attached hydrogens (tertiary/aromatic N) is 2. The van der Waals surface area contributed by atoms with Crippen LogP contribution in [0.15, 0.2) is 17.6 Å². The van der Waals surface area contributed by atoms with E-state index in [0.717, 1.165) is 15.8 Å². The Morgan fingerprint density at radius 2 is 2.10 bits per heavy atom. The molecule has 1 heterocycles. The third-order valence-electron chi connectivity index (χ3n) is 0.951. The lowest BCUT2D eigenvalue weighted by Crippen LogP contribution is -1.85. The minimum atomic E-state index is 0.725. The molecule has 0 spiro atoms. The number of aryl methyl sites for hydroxylation is 1. The molecular formula is C6H8N2S2. The maximum Gasteiger partial charge on any atom is 0.188 e. The summed E-state index contributed by atoms with van der Waals surface area (Å²) >= 11 is 5.57. The van der Waals surface area contributed by atoms with E-state index in [0.29, 0.717) is 0 Å². The highest BCUT2D eigenvalue weighted by Gasteiger charge is 1.92. The Kier molecular flexibility index (Phi) is 3.02. The zero-order valence-electron chi connectivity index (χ0n) is 5.61. The van der Waals surface area contributed by atoms with Gasteiger partial charge in [0.25, 0.3) is 0 Å². The van der Waals surface area contributed by atoms with Crippen LogP contribution in [0.2, 0.25) is 0 Å². The van der Waals surface area contributed by atoms with E-state index in [-0.39, 0.29) is 0 Å². The molecule has 10 heavy (non-hydrogen) atoms. The molecule has 0 unspecified atom stereocenters. The fraction of sp³-hybridized carbons (Fsp3) is 0.333. The van der Waals surface area contributed by atoms with Crippen LogP contribution in [0.4, 0.5) is 0 Å². The van der Waals surface area contributed by atoms with E-state index < -0.39 is 0 Å². The van der Waals surface area contributed by atoms with Crippen molar-refractivity contribution in [3.05, 3.63) is 18.0 Å². The molecule has 1 aromatic heterocycles. The highest BCUT2D eigenvalue weighted by Crippen LogP contribution is 2.11. The third-order valence-corrected chi connectivity index (χ3v) is 1.94. The van der Waals surface area contributed by atoms with Gasteiger partial charge in [-0.1, -0.05) is 11.8 Å². The van der Waals surface area contributed by atoms with Crippen LogP contribution in [-0.4, -0.2) is 15.1 Å². The normalized spacial score (nSPS) is 9.80. The molecule has 0 bridgehead atoms. The molecule has 54 valence electrons. The van der Waals surface area contributed by atoms with Crippen molar-refractivity contribution in [3.63, 3.8) is 0 Å². The van der Waals surface area contributed by atoms with Crippen molar-refractivity contribution in [2.75, 3.05) is 5.08 Å². The Labute approximate surface area is 69.9 Å². The number of hydrogen-bond acceptors (Lipinski definition) is 4. The molecule has 0 N–H and O–H groups in total. The molecule has 0 aromatic carbocycles. The van der Waals surface area contributed by atoms with E-state index in [9.17, 15) is 0 Å². The van der Waals surface area contributed by atoms with Crippen LogP contribution in [0.5, 0.6) is 0 Å². The lowest BCUT2D eigenvalue weighted by Gasteiger charge is -1.94.